The highest BCUT2D eigenvalue weighted by Crippen LogP contribution is 2.34. The van der Waals surface area contributed by atoms with E-state index in [0.29, 0.717) is 17.8 Å². The Morgan fingerprint density at radius 3 is 2.46 bits per heavy atom. The molecule has 1 N–H and O–H groups in total. The lowest BCUT2D eigenvalue weighted by Crippen LogP contribution is -2.60. The second-order valence-electron chi connectivity index (χ2n) is 8.04. The number of nitrogens with one attached hydrogen (secondary N) is 1. The number of ether oxygens (including phenoxy) is 1. The predicted octanol–water partition coefficient (Wildman–Crippen LogP) is 2.26. The standard InChI is InChI=1S/C22H29N3O3/c1-17-18-7-3-4-8-19(18)21(27)25(17)15-20(26)23-16-22(9-5-2-6-10-22)24-11-13-28-14-12-24/h3-4,7-8H,1-2,5-6,9-16H2,(H,23,26). The van der Waals surface area contributed by atoms with Gasteiger partial charge < -0.3 is 10.1 Å². The normalized spacial score (nSPS) is 22.2. The van der Waals surface area contributed by atoms with E-state index in [0.717, 1.165) is 44.7 Å². The lowest BCUT2D eigenvalue weighted by molar-refractivity contribution is -0.122. The van der Waals surface area contributed by atoms with E-state index in [1.165, 1.54) is 24.2 Å². The van der Waals surface area contributed by atoms with Crippen LogP contribution in [0.15, 0.2) is 30.8 Å². The summed E-state index contributed by atoms with van der Waals surface area (Å²) in [4.78, 5) is 29.3. The van der Waals surface area contributed by atoms with Crippen LogP contribution in [0.3, 0.4) is 0 Å². The predicted molar refractivity (Wildman–Crippen MR) is 108 cm³/mol. The Kier molecular flexibility index (Phi) is 5.51. The number of nitrogens with zero attached hydrogens (tertiary/aromatic N) is 2. The molecule has 1 aliphatic carbocycles. The Balaban J connectivity index is 1.39. The lowest BCUT2D eigenvalue weighted by atomic mass is 9.79. The number of hydrogen-bond acceptors (Lipinski definition) is 4. The fraction of sp³-hybridized carbons (Fsp3) is 0.545. The summed E-state index contributed by atoms with van der Waals surface area (Å²) in [7, 11) is 0. The highest BCUT2D eigenvalue weighted by atomic mass is 16.5. The quantitative estimate of drug-likeness (QED) is 0.847. The van der Waals surface area contributed by atoms with Gasteiger partial charge >= 0.3 is 0 Å². The number of hydrogen-bond donors (Lipinski definition) is 1. The van der Waals surface area contributed by atoms with Crippen molar-refractivity contribution in [2.45, 2.75) is 37.6 Å². The van der Waals surface area contributed by atoms with E-state index >= 15 is 0 Å². The van der Waals surface area contributed by atoms with Crippen molar-refractivity contribution in [3.63, 3.8) is 0 Å². The first-order valence-electron chi connectivity index (χ1n) is 10.3. The van der Waals surface area contributed by atoms with Crippen molar-refractivity contribution < 1.29 is 14.3 Å². The number of rotatable bonds is 5. The zero-order chi connectivity index (χ0) is 19.6. The van der Waals surface area contributed by atoms with Crippen LogP contribution in [-0.4, -0.2) is 66.5 Å². The molecule has 2 amide bonds. The maximum atomic E-state index is 12.7. The minimum atomic E-state index is -0.142. The van der Waals surface area contributed by atoms with Gasteiger partial charge in [-0.3, -0.25) is 19.4 Å². The highest BCUT2D eigenvalue weighted by molar-refractivity contribution is 6.10. The van der Waals surface area contributed by atoms with Crippen LogP contribution in [0.25, 0.3) is 5.70 Å². The van der Waals surface area contributed by atoms with Crippen molar-refractivity contribution in [3.05, 3.63) is 42.0 Å². The van der Waals surface area contributed by atoms with Gasteiger partial charge in [0.2, 0.25) is 5.91 Å². The van der Waals surface area contributed by atoms with E-state index in [9.17, 15) is 9.59 Å². The van der Waals surface area contributed by atoms with Gasteiger partial charge in [0, 0.05) is 42.0 Å². The van der Waals surface area contributed by atoms with Crippen LogP contribution < -0.4 is 5.32 Å². The Morgan fingerprint density at radius 1 is 1.11 bits per heavy atom. The zero-order valence-electron chi connectivity index (χ0n) is 16.4. The summed E-state index contributed by atoms with van der Waals surface area (Å²) < 4.78 is 5.52. The SMILES string of the molecule is C=C1c2ccccc2C(=O)N1CC(=O)NCC1(N2CCOCC2)CCCCC1. The Morgan fingerprint density at radius 2 is 1.79 bits per heavy atom. The van der Waals surface area contributed by atoms with Crippen molar-refractivity contribution in [3.8, 4) is 0 Å². The molecule has 0 spiro atoms. The number of benzene rings is 1. The van der Waals surface area contributed by atoms with E-state index in [2.05, 4.69) is 16.8 Å². The lowest BCUT2D eigenvalue weighted by Gasteiger charge is -2.48. The number of fused-ring (bicyclic) bond motifs is 1. The van der Waals surface area contributed by atoms with Gasteiger partial charge in [0.1, 0.15) is 6.54 Å². The summed E-state index contributed by atoms with van der Waals surface area (Å²) in [6.07, 6.45) is 5.87. The molecule has 1 aromatic carbocycles. The Bertz CT molecular complexity index is 729. The average Bonchev–Trinajstić information content (AvgIpc) is 2.99. The smallest absolute Gasteiger partial charge is 0.259 e. The first kappa shape index (κ1) is 19.2. The van der Waals surface area contributed by atoms with Crippen LogP contribution in [0.5, 0.6) is 0 Å². The molecule has 6 nitrogen and oxygen atoms in total. The van der Waals surface area contributed by atoms with Gasteiger partial charge in [0.15, 0.2) is 0 Å². The molecule has 0 radical (unpaired) electrons. The van der Waals surface area contributed by atoms with Crippen molar-refractivity contribution in [2.75, 3.05) is 39.4 Å². The molecular formula is C22H29N3O3. The molecule has 0 atom stereocenters. The number of amides is 2. The van der Waals surface area contributed by atoms with E-state index < -0.39 is 0 Å². The summed E-state index contributed by atoms with van der Waals surface area (Å²) in [5.74, 6) is -0.267. The summed E-state index contributed by atoms with van der Waals surface area (Å²) in [6, 6.07) is 7.39. The third kappa shape index (κ3) is 3.59. The fourth-order valence-corrected chi connectivity index (χ4v) is 4.82. The molecule has 2 heterocycles. The maximum absolute atomic E-state index is 12.7. The second kappa shape index (κ2) is 8.05. The summed E-state index contributed by atoms with van der Waals surface area (Å²) >= 11 is 0. The molecule has 0 unspecified atom stereocenters. The van der Waals surface area contributed by atoms with Gasteiger partial charge in [-0.2, -0.15) is 0 Å². The average molecular weight is 383 g/mol. The number of carbonyl (C=O) groups excluding carboxylic acids is 2. The number of morpholine rings is 1. The Labute approximate surface area is 166 Å². The molecule has 1 saturated carbocycles. The second-order valence-corrected chi connectivity index (χ2v) is 8.04. The molecular weight excluding hydrogens is 354 g/mol. The molecule has 1 aromatic rings. The van der Waals surface area contributed by atoms with E-state index in [-0.39, 0.29) is 23.9 Å². The van der Waals surface area contributed by atoms with Crippen molar-refractivity contribution in [1.29, 1.82) is 0 Å². The molecule has 1 saturated heterocycles. The van der Waals surface area contributed by atoms with Crippen molar-refractivity contribution >= 4 is 17.5 Å². The largest absolute Gasteiger partial charge is 0.379 e. The van der Waals surface area contributed by atoms with Crippen LogP contribution in [0, 0.1) is 0 Å². The molecule has 28 heavy (non-hydrogen) atoms. The molecule has 0 bridgehead atoms. The van der Waals surface area contributed by atoms with Crippen LogP contribution in [0.1, 0.15) is 48.0 Å². The van der Waals surface area contributed by atoms with Gasteiger partial charge in [-0.25, -0.2) is 0 Å². The molecule has 3 aliphatic rings. The first-order valence-corrected chi connectivity index (χ1v) is 10.3. The van der Waals surface area contributed by atoms with Crippen LogP contribution in [-0.2, 0) is 9.53 Å². The summed E-state index contributed by atoms with van der Waals surface area (Å²) in [6.45, 7) is 8.04. The summed E-state index contributed by atoms with van der Waals surface area (Å²) in [5, 5.41) is 3.13. The fourth-order valence-electron chi connectivity index (χ4n) is 4.82. The molecule has 2 fully saturated rings. The van der Waals surface area contributed by atoms with Gasteiger partial charge in [0.25, 0.3) is 5.91 Å². The molecule has 4 rings (SSSR count). The third-order valence-electron chi connectivity index (χ3n) is 6.42. The molecule has 2 aliphatic heterocycles. The van der Waals surface area contributed by atoms with Crippen LogP contribution in [0.4, 0.5) is 0 Å². The topological polar surface area (TPSA) is 61.9 Å². The molecule has 6 heteroatoms. The van der Waals surface area contributed by atoms with E-state index in [1.54, 1.807) is 6.07 Å². The van der Waals surface area contributed by atoms with Gasteiger partial charge in [-0.1, -0.05) is 44.0 Å². The Hall–Kier alpha value is -2.18. The zero-order valence-corrected chi connectivity index (χ0v) is 16.4. The van der Waals surface area contributed by atoms with Crippen LogP contribution in [0.2, 0.25) is 0 Å². The number of carbonyl (C=O) groups is 2. The first-order chi connectivity index (χ1) is 13.6. The minimum Gasteiger partial charge on any atom is -0.379 e. The summed E-state index contributed by atoms with van der Waals surface area (Å²) in [5.41, 5.74) is 2.07. The third-order valence-corrected chi connectivity index (χ3v) is 6.42. The van der Waals surface area contributed by atoms with Gasteiger partial charge in [-0.05, 0) is 18.9 Å². The highest BCUT2D eigenvalue weighted by Gasteiger charge is 2.39. The van der Waals surface area contributed by atoms with Crippen molar-refractivity contribution in [2.24, 2.45) is 0 Å². The molecule has 150 valence electrons. The van der Waals surface area contributed by atoms with E-state index in [4.69, 9.17) is 4.74 Å². The monoisotopic (exact) mass is 383 g/mol. The van der Waals surface area contributed by atoms with Gasteiger partial charge in [0.05, 0.1) is 13.2 Å². The maximum Gasteiger partial charge on any atom is 0.259 e. The van der Waals surface area contributed by atoms with E-state index in [1.807, 2.05) is 18.2 Å². The van der Waals surface area contributed by atoms with Crippen LogP contribution >= 0.6 is 0 Å². The molecule has 0 aromatic heterocycles. The minimum absolute atomic E-state index is 0.0194. The van der Waals surface area contributed by atoms with Crippen molar-refractivity contribution in [1.82, 2.24) is 15.1 Å². The van der Waals surface area contributed by atoms with Gasteiger partial charge in [-0.15, -0.1) is 0 Å².